The summed E-state index contributed by atoms with van der Waals surface area (Å²) in [4.78, 5) is 17.9. The average molecular weight is 349 g/mol. The number of nitrogens with zero attached hydrogens (tertiary/aromatic N) is 1. The summed E-state index contributed by atoms with van der Waals surface area (Å²) in [6.07, 6.45) is 4.67. The summed E-state index contributed by atoms with van der Waals surface area (Å²) in [5.41, 5.74) is 1.84. The monoisotopic (exact) mass is 348 g/mol. The van der Waals surface area contributed by atoms with E-state index in [-0.39, 0.29) is 5.91 Å². The fourth-order valence-electron chi connectivity index (χ4n) is 2.26. The van der Waals surface area contributed by atoms with Crippen LogP contribution < -0.4 is 5.32 Å². The summed E-state index contributed by atoms with van der Waals surface area (Å²) in [6, 6.07) is 7.81. The molecule has 3 nitrogen and oxygen atoms in total. The summed E-state index contributed by atoms with van der Waals surface area (Å²) in [7, 11) is 0. The van der Waals surface area contributed by atoms with E-state index in [1.807, 2.05) is 31.2 Å². The van der Waals surface area contributed by atoms with Crippen molar-refractivity contribution in [2.24, 2.45) is 0 Å². The molecule has 1 heterocycles. The van der Waals surface area contributed by atoms with Crippen molar-refractivity contribution in [2.45, 2.75) is 50.2 Å². The van der Waals surface area contributed by atoms with Gasteiger partial charge in [-0.25, -0.2) is 4.98 Å². The highest BCUT2D eigenvalue weighted by Gasteiger charge is 2.11. The van der Waals surface area contributed by atoms with Crippen molar-refractivity contribution in [1.82, 2.24) is 10.3 Å². The van der Waals surface area contributed by atoms with Crippen LogP contribution in [0.2, 0.25) is 0 Å². The van der Waals surface area contributed by atoms with Gasteiger partial charge in [0.15, 0.2) is 0 Å². The van der Waals surface area contributed by atoms with Crippen LogP contribution in [0.5, 0.6) is 0 Å². The second-order valence-corrected chi connectivity index (χ2v) is 7.54. The number of thioether (sulfide) groups is 1. The molecule has 0 atom stereocenters. The van der Waals surface area contributed by atoms with Crippen LogP contribution in [0.25, 0.3) is 0 Å². The third-order valence-electron chi connectivity index (χ3n) is 3.49. The zero-order chi connectivity index (χ0) is 16.5. The van der Waals surface area contributed by atoms with Crippen molar-refractivity contribution in [2.75, 3.05) is 6.54 Å². The van der Waals surface area contributed by atoms with Gasteiger partial charge in [0.2, 0.25) is 0 Å². The van der Waals surface area contributed by atoms with Crippen LogP contribution in [-0.2, 0) is 5.75 Å². The quantitative estimate of drug-likeness (QED) is 0.509. The fourth-order valence-corrected chi connectivity index (χ4v) is 3.92. The van der Waals surface area contributed by atoms with E-state index in [1.54, 1.807) is 23.1 Å². The molecule has 0 radical (unpaired) electrons. The molecule has 0 aliphatic rings. The smallest absolute Gasteiger partial charge is 0.252 e. The third kappa shape index (κ3) is 5.99. The van der Waals surface area contributed by atoms with Crippen molar-refractivity contribution >= 4 is 29.0 Å². The number of thiazole rings is 1. The first-order valence-corrected chi connectivity index (χ1v) is 9.98. The van der Waals surface area contributed by atoms with Crippen molar-refractivity contribution in [1.29, 1.82) is 0 Å². The number of carbonyl (C=O) groups is 1. The van der Waals surface area contributed by atoms with Gasteiger partial charge in [-0.15, -0.1) is 23.1 Å². The topological polar surface area (TPSA) is 42.0 Å². The minimum absolute atomic E-state index is 0.0269. The molecule has 0 fully saturated rings. The number of hydrogen-bond donors (Lipinski definition) is 1. The maximum Gasteiger partial charge on any atom is 0.252 e. The molecule has 0 unspecified atom stereocenters. The van der Waals surface area contributed by atoms with E-state index in [0.29, 0.717) is 0 Å². The first-order valence-electron chi connectivity index (χ1n) is 8.11. The number of amides is 1. The number of carbonyl (C=O) groups excluding carboxylic acids is 1. The summed E-state index contributed by atoms with van der Waals surface area (Å²) in [5.74, 6) is 0.824. The number of aryl methyl sites for hydroxylation is 1. The first kappa shape index (κ1) is 18.0. The Hall–Kier alpha value is -1.33. The van der Waals surface area contributed by atoms with E-state index in [1.165, 1.54) is 19.3 Å². The largest absolute Gasteiger partial charge is 0.352 e. The molecule has 5 heteroatoms. The Morgan fingerprint density at radius 1 is 1.26 bits per heavy atom. The van der Waals surface area contributed by atoms with Gasteiger partial charge in [-0.2, -0.15) is 0 Å². The molecule has 1 amide bonds. The van der Waals surface area contributed by atoms with E-state index < -0.39 is 0 Å². The molecule has 1 N–H and O–H groups in total. The number of rotatable bonds is 9. The lowest BCUT2D eigenvalue weighted by atomic mass is 10.2. The molecule has 124 valence electrons. The highest BCUT2D eigenvalue weighted by Crippen LogP contribution is 2.26. The number of benzene rings is 1. The Kier molecular flexibility index (Phi) is 7.62. The number of nitrogens with one attached hydrogen (secondary N) is 1. The molecule has 1 aromatic carbocycles. The van der Waals surface area contributed by atoms with Crippen molar-refractivity contribution < 1.29 is 4.79 Å². The van der Waals surface area contributed by atoms with Crippen LogP contribution in [0.15, 0.2) is 34.5 Å². The lowest BCUT2D eigenvalue weighted by Crippen LogP contribution is -2.24. The molecule has 0 bridgehead atoms. The first-order chi connectivity index (χ1) is 11.2. The molecule has 0 aliphatic carbocycles. The summed E-state index contributed by atoms with van der Waals surface area (Å²) in [6.45, 7) is 4.96. The van der Waals surface area contributed by atoms with E-state index in [4.69, 9.17) is 0 Å². The van der Waals surface area contributed by atoms with E-state index in [2.05, 4.69) is 22.6 Å². The van der Waals surface area contributed by atoms with Crippen LogP contribution in [0.3, 0.4) is 0 Å². The minimum atomic E-state index is 0.0269. The number of unbranched alkanes of at least 4 members (excludes halogenated alkanes) is 3. The maximum atomic E-state index is 12.4. The Balaban J connectivity index is 1.89. The van der Waals surface area contributed by atoms with Crippen LogP contribution in [0.1, 0.15) is 53.7 Å². The normalized spacial score (nSPS) is 10.7. The number of aromatic nitrogens is 1. The number of hydrogen-bond acceptors (Lipinski definition) is 4. The highest BCUT2D eigenvalue weighted by atomic mass is 32.2. The van der Waals surface area contributed by atoms with Crippen molar-refractivity contribution in [3.63, 3.8) is 0 Å². The van der Waals surface area contributed by atoms with Gasteiger partial charge in [-0.1, -0.05) is 38.3 Å². The molecular formula is C18H24N2OS2. The molecule has 0 spiro atoms. The van der Waals surface area contributed by atoms with Gasteiger partial charge in [0, 0.05) is 22.6 Å². The molecular weight excluding hydrogens is 324 g/mol. The van der Waals surface area contributed by atoms with Gasteiger partial charge in [0.1, 0.15) is 0 Å². The molecule has 0 aliphatic heterocycles. The van der Waals surface area contributed by atoms with Gasteiger partial charge in [0.25, 0.3) is 5.91 Å². The standard InChI is InChI=1S/C18H24N2OS2/c1-3-4-5-8-11-19-18(21)16-9-6-7-10-17(16)23-13-15-12-22-14(2)20-15/h6-7,9-10,12H,3-5,8,11,13H2,1-2H3,(H,19,21). The molecule has 23 heavy (non-hydrogen) atoms. The van der Waals surface area contributed by atoms with E-state index >= 15 is 0 Å². The summed E-state index contributed by atoms with van der Waals surface area (Å²) in [5, 5.41) is 6.20. The molecule has 0 saturated heterocycles. The van der Waals surface area contributed by atoms with Gasteiger partial charge in [-0.3, -0.25) is 4.79 Å². The minimum Gasteiger partial charge on any atom is -0.352 e. The third-order valence-corrected chi connectivity index (χ3v) is 5.42. The summed E-state index contributed by atoms with van der Waals surface area (Å²) < 4.78 is 0. The van der Waals surface area contributed by atoms with Crippen LogP contribution in [0.4, 0.5) is 0 Å². The zero-order valence-electron chi connectivity index (χ0n) is 13.8. The fraction of sp³-hybridized carbons (Fsp3) is 0.444. The van der Waals surface area contributed by atoms with Crippen LogP contribution >= 0.6 is 23.1 Å². The molecule has 0 saturated carbocycles. The van der Waals surface area contributed by atoms with Crippen molar-refractivity contribution in [3.8, 4) is 0 Å². The van der Waals surface area contributed by atoms with Crippen LogP contribution in [0, 0.1) is 6.92 Å². The van der Waals surface area contributed by atoms with Gasteiger partial charge < -0.3 is 5.32 Å². The average Bonchev–Trinajstić information content (AvgIpc) is 2.98. The van der Waals surface area contributed by atoms with E-state index in [0.717, 1.165) is 39.9 Å². The highest BCUT2D eigenvalue weighted by molar-refractivity contribution is 7.98. The Labute approximate surface area is 146 Å². The predicted molar refractivity (Wildman–Crippen MR) is 99.3 cm³/mol. The second-order valence-electron chi connectivity index (χ2n) is 5.46. The second kappa shape index (κ2) is 9.73. The lowest BCUT2D eigenvalue weighted by Gasteiger charge is -2.09. The maximum absolute atomic E-state index is 12.4. The van der Waals surface area contributed by atoms with Crippen LogP contribution in [-0.4, -0.2) is 17.4 Å². The SMILES string of the molecule is CCCCCCNC(=O)c1ccccc1SCc1csc(C)n1. The lowest BCUT2D eigenvalue weighted by molar-refractivity contribution is 0.0950. The Bertz CT molecular complexity index is 625. The molecule has 1 aromatic heterocycles. The zero-order valence-corrected chi connectivity index (χ0v) is 15.4. The van der Waals surface area contributed by atoms with Gasteiger partial charge >= 0.3 is 0 Å². The van der Waals surface area contributed by atoms with Gasteiger partial charge in [-0.05, 0) is 25.5 Å². The van der Waals surface area contributed by atoms with Gasteiger partial charge in [0.05, 0.1) is 16.3 Å². The summed E-state index contributed by atoms with van der Waals surface area (Å²) >= 11 is 3.34. The predicted octanol–water partition coefficient (Wildman–Crippen LogP) is 5.05. The molecule has 2 aromatic rings. The molecule has 2 rings (SSSR count). The van der Waals surface area contributed by atoms with Crippen molar-refractivity contribution in [3.05, 3.63) is 45.9 Å². The Morgan fingerprint density at radius 2 is 2.09 bits per heavy atom. The Morgan fingerprint density at radius 3 is 2.83 bits per heavy atom. The van der Waals surface area contributed by atoms with E-state index in [9.17, 15) is 4.79 Å².